The number of carbonyl (C=O) groups excluding carboxylic acids is 1. The predicted molar refractivity (Wildman–Crippen MR) is 76.0 cm³/mol. The summed E-state index contributed by atoms with van der Waals surface area (Å²) >= 11 is 0. The maximum absolute atomic E-state index is 12.1. The van der Waals surface area contributed by atoms with Crippen molar-refractivity contribution in [3.8, 4) is 11.5 Å². The van der Waals surface area contributed by atoms with Gasteiger partial charge in [0.1, 0.15) is 17.3 Å². The molecule has 2 aromatic rings. The van der Waals surface area contributed by atoms with Gasteiger partial charge in [-0.1, -0.05) is 0 Å². The van der Waals surface area contributed by atoms with Crippen molar-refractivity contribution in [1.29, 1.82) is 0 Å². The Labute approximate surface area is 116 Å². The molecule has 20 heavy (non-hydrogen) atoms. The van der Waals surface area contributed by atoms with Crippen LogP contribution in [0.1, 0.15) is 15.9 Å². The molecule has 0 atom stereocenters. The third kappa shape index (κ3) is 2.80. The van der Waals surface area contributed by atoms with E-state index in [1.807, 2.05) is 6.92 Å². The minimum Gasteiger partial charge on any atom is -0.507 e. The number of nitrogens with one attached hydrogen (secondary N) is 1. The number of carbonyl (C=O) groups is 1. The quantitative estimate of drug-likeness (QED) is 0.794. The second-order valence-corrected chi connectivity index (χ2v) is 4.26. The van der Waals surface area contributed by atoms with Gasteiger partial charge >= 0.3 is 0 Å². The molecule has 0 unspecified atom stereocenters. The lowest BCUT2D eigenvalue weighted by molar-refractivity contribution is 0.102. The summed E-state index contributed by atoms with van der Waals surface area (Å²) in [6, 6.07) is 6.08. The highest BCUT2D eigenvalue weighted by Gasteiger charge is 2.13. The zero-order valence-corrected chi connectivity index (χ0v) is 11.2. The normalized spacial score (nSPS) is 10.1. The fourth-order valence-corrected chi connectivity index (χ4v) is 1.64. The van der Waals surface area contributed by atoms with Crippen molar-refractivity contribution in [3.63, 3.8) is 0 Å². The second kappa shape index (κ2) is 5.48. The van der Waals surface area contributed by atoms with Crippen molar-refractivity contribution in [1.82, 2.24) is 4.98 Å². The number of phenolic OH excluding ortho intramolecular Hbond substituents is 1. The highest BCUT2D eigenvalue weighted by atomic mass is 16.5. The van der Waals surface area contributed by atoms with Crippen molar-refractivity contribution in [2.24, 2.45) is 0 Å². The average Bonchev–Trinajstić information content (AvgIpc) is 2.43. The number of nitrogens with zero attached hydrogens (tertiary/aromatic N) is 1. The molecule has 1 amide bonds. The number of aromatic hydroxyl groups is 1. The van der Waals surface area contributed by atoms with Crippen LogP contribution < -0.4 is 15.8 Å². The van der Waals surface area contributed by atoms with E-state index in [0.717, 1.165) is 5.56 Å². The number of ether oxygens (including phenoxy) is 1. The Hall–Kier alpha value is -2.76. The molecular weight excluding hydrogens is 258 g/mol. The van der Waals surface area contributed by atoms with Crippen LogP contribution in [0.5, 0.6) is 11.5 Å². The molecule has 104 valence electrons. The molecule has 6 nitrogen and oxygen atoms in total. The van der Waals surface area contributed by atoms with Crippen LogP contribution in [0, 0.1) is 6.92 Å². The van der Waals surface area contributed by atoms with E-state index in [1.165, 1.54) is 25.4 Å². The molecule has 6 heteroatoms. The van der Waals surface area contributed by atoms with Crippen molar-refractivity contribution in [3.05, 3.63) is 41.6 Å². The van der Waals surface area contributed by atoms with E-state index >= 15 is 0 Å². The molecule has 4 N–H and O–H groups in total. The minimum absolute atomic E-state index is 0.112. The van der Waals surface area contributed by atoms with E-state index < -0.39 is 5.91 Å². The monoisotopic (exact) mass is 273 g/mol. The molecule has 0 aliphatic rings. The van der Waals surface area contributed by atoms with E-state index in [1.54, 1.807) is 12.1 Å². The van der Waals surface area contributed by atoms with E-state index in [-0.39, 0.29) is 11.3 Å². The van der Waals surface area contributed by atoms with Gasteiger partial charge in [0.05, 0.1) is 24.6 Å². The van der Waals surface area contributed by atoms with Crippen LogP contribution in [0.4, 0.5) is 11.5 Å². The van der Waals surface area contributed by atoms with Gasteiger partial charge in [-0.25, -0.2) is 4.98 Å². The summed E-state index contributed by atoms with van der Waals surface area (Å²) in [6.07, 6.45) is 1.47. The van der Waals surface area contributed by atoms with Gasteiger partial charge in [-0.3, -0.25) is 4.79 Å². The molecule has 0 fully saturated rings. The largest absolute Gasteiger partial charge is 0.507 e. The maximum Gasteiger partial charge on any atom is 0.260 e. The molecule has 0 saturated heterocycles. The van der Waals surface area contributed by atoms with Crippen LogP contribution in [0.25, 0.3) is 0 Å². The molecule has 0 spiro atoms. The summed E-state index contributed by atoms with van der Waals surface area (Å²) in [5.74, 6) is 0.242. The van der Waals surface area contributed by atoms with Gasteiger partial charge in [0.25, 0.3) is 5.91 Å². The van der Waals surface area contributed by atoms with Crippen LogP contribution in [0.3, 0.4) is 0 Å². The van der Waals surface area contributed by atoms with E-state index in [2.05, 4.69) is 10.3 Å². The smallest absolute Gasteiger partial charge is 0.260 e. The van der Waals surface area contributed by atoms with E-state index in [9.17, 15) is 9.90 Å². The van der Waals surface area contributed by atoms with Gasteiger partial charge in [0.15, 0.2) is 0 Å². The van der Waals surface area contributed by atoms with Gasteiger partial charge in [0, 0.05) is 0 Å². The lowest BCUT2D eigenvalue weighted by Gasteiger charge is -2.09. The molecule has 1 heterocycles. The Morgan fingerprint density at radius 2 is 2.15 bits per heavy atom. The number of hydrogen-bond donors (Lipinski definition) is 3. The molecule has 0 saturated carbocycles. The van der Waals surface area contributed by atoms with Crippen molar-refractivity contribution in [2.75, 3.05) is 18.2 Å². The van der Waals surface area contributed by atoms with Crippen LogP contribution >= 0.6 is 0 Å². The van der Waals surface area contributed by atoms with Gasteiger partial charge < -0.3 is 20.9 Å². The molecule has 0 aliphatic heterocycles. The Morgan fingerprint density at radius 1 is 1.40 bits per heavy atom. The molecule has 0 aliphatic carbocycles. The number of nitrogen functional groups attached to an aromatic ring is 1. The molecule has 1 aromatic heterocycles. The number of rotatable bonds is 3. The number of aromatic nitrogens is 1. The van der Waals surface area contributed by atoms with Crippen molar-refractivity contribution >= 4 is 17.4 Å². The fourth-order valence-electron chi connectivity index (χ4n) is 1.64. The van der Waals surface area contributed by atoms with Gasteiger partial charge in [-0.2, -0.15) is 0 Å². The Balaban J connectivity index is 2.25. The number of amides is 1. The first-order chi connectivity index (χ1) is 9.51. The molecule has 0 radical (unpaired) electrons. The number of hydrogen-bond acceptors (Lipinski definition) is 5. The zero-order valence-electron chi connectivity index (χ0n) is 11.2. The van der Waals surface area contributed by atoms with Crippen molar-refractivity contribution < 1.29 is 14.6 Å². The first-order valence-electron chi connectivity index (χ1n) is 5.91. The minimum atomic E-state index is -0.474. The van der Waals surface area contributed by atoms with E-state index in [0.29, 0.717) is 17.3 Å². The lowest BCUT2D eigenvalue weighted by Crippen LogP contribution is -2.13. The number of methoxy groups -OCH3 is 1. The van der Waals surface area contributed by atoms with Gasteiger partial charge in [-0.05, 0) is 36.8 Å². The zero-order chi connectivity index (χ0) is 14.7. The standard InChI is InChI=1S/C14H15N3O3/c1-8-5-13(16-7-11(8)15)17-14(19)10-6-9(20-2)3-4-12(10)18/h3-7,18H,15H2,1-2H3,(H,16,17,19). The topological polar surface area (TPSA) is 97.5 Å². The second-order valence-electron chi connectivity index (χ2n) is 4.26. The van der Waals surface area contributed by atoms with Crippen LogP contribution in [-0.4, -0.2) is 23.1 Å². The summed E-state index contributed by atoms with van der Waals surface area (Å²) in [5.41, 5.74) is 7.13. The van der Waals surface area contributed by atoms with Gasteiger partial charge in [-0.15, -0.1) is 0 Å². The van der Waals surface area contributed by atoms with E-state index in [4.69, 9.17) is 10.5 Å². The Bertz CT molecular complexity index is 656. The van der Waals surface area contributed by atoms with Crippen LogP contribution in [0.2, 0.25) is 0 Å². The summed E-state index contributed by atoms with van der Waals surface area (Å²) < 4.78 is 5.02. The molecular formula is C14H15N3O3. The third-order valence-electron chi connectivity index (χ3n) is 2.84. The van der Waals surface area contributed by atoms with Crippen LogP contribution in [0.15, 0.2) is 30.5 Å². The highest BCUT2D eigenvalue weighted by molar-refractivity contribution is 6.06. The summed E-state index contributed by atoms with van der Waals surface area (Å²) in [4.78, 5) is 16.1. The fraction of sp³-hybridized carbons (Fsp3) is 0.143. The Kier molecular flexibility index (Phi) is 3.74. The Morgan fingerprint density at radius 3 is 2.80 bits per heavy atom. The number of phenols is 1. The summed E-state index contributed by atoms with van der Waals surface area (Å²) in [6.45, 7) is 1.82. The van der Waals surface area contributed by atoms with Crippen LogP contribution in [-0.2, 0) is 0 Å². The summed E-state index contributed by atoms with van der Waals surface area (Å²) in [7, 11) is 1.49. The number of anilines is 2. The highest BCUT2D eigenvalue weighted by Crippen LogP contribution is 2.24. The van der Waals surface area contributed by atoms with Gasteiger partial charge in [0.2, 0.25) is 0 Å². The first-order valence-corrected chi connectivity index (χ1v) is 5.91. The number of aryl methyl sites for hydroxylation is 1. The number of nitrogens with two attached hydrogens (primary N) is 1. The average molecular weight is 273 g/mol. The summed E-state index contributed by atoms with van der Waals surface area (Å²) in [5, 5.41) is 12.3. The SMILES string of the molecule is COc1ccc(O)c(C(=O)Nc2cc(C)c(N)cn2)c1. The predicted octanol–water partition coefficient (Wildman–Crippen LogP) is 1.94. The molecule has 2 rings (SSSR count). The first kappa shape index (κ1) is 13.7. The van der Waals surface area contributed by atoms with Crippen molar-refractivity contribution in [2.45, 2.75) is 6.92 Å². The molecule has 0 bridgehead atoms. The third-order valence-corrected chi connectivity index (χ3v) is 2.84. The maximum atomic E-state index is 12.1. The number of benzene rings is 1. The molecule has 1 aromatic carbocycles. The number of pyridine rings is 1. The lowest BCUT2D eigenvalue weighted by atomic mass is 10.1.